The van der Waals surface area contributed by atoms with Crippen LogP contribution in [0.3, 0.4) is 0 Å². The topological polar surface area (TPSA) is 35.0 Å². The molecule has 0 aliphatic carbocycles. The van der Waals surface area contributed by atoms with Crippen LogP contribution in [-0.2, 0) is 11.5 Å². The molecule has 3 heterocycles. The third-order valence-electron chi connectivity index (χ3n) is 2.82. The minimum atomic E-state index is 0.609. The number of aromatic nitrogens is 2. The van der Waals surface area contributed by atoms with Crippen LogP contribution in [0.4, 0.5) is 0 Å². The van der Waals surface area contributed by atoms with Gasteiger partial charge in [-0.25, -0.2) is 0 Å². The largest absolute Gasteiger partial charge is 0.479 e. The Labute approximate surface area is 146 Å². The zero-order valence-electron chi connectivity index (χ0n) is 11.9. The molecule has 114 valence electrons. The quantitative estimate of drug-likeness (QED) is 0.537. The number of ether oxygens (including phenoxy) is 1. The molecule has 0 saturated carbocycles. The molecule has 3 rings (SSSR count). The Bertz CT molecular complexity index is 698. The van der Waals surface area contributed by atoms with Crippen molar-refractivity contribution < 1.29 is 4.74 Å². The van der Waals surface area contributed by atoms with Crippen molar-refractivity contribution in [2.24, 2.45) is 0 Å². The smallest absolute Gasteiger partial charge is 0.248 e. The van der Waals surface area contributed by atoms with E-state index in [1.165, 1.54) is 9.75 Å². The second-order valence-electron chi connectivity index (χ2n) is 4.28. The summed E-state index contributed by atoms with van der Waals surface area (Å²) in [6.45, 7) is 0. The summed E-state index contributed by atoms with van der Waals surface area (Å²) in [5.74, 6) is 2.48. The highest BCUT2D eigenvalue weighted by Gasteiger charge is 2.13. The van der Waals surface area contributed by atoms with Crippen molar-refractivity contribution in [2.75, 3.05) is 7.11 Å². The van der Waals surface area contributed by atoms with Gasteiger partial charge in [0.25, 0.3) is 0 Å². The van der Waals surface area contributed by atoms with Gasteiger partial charge < -0.3 is 4.74 Å². The van der Waals surface area contributed by atoms with Crippen molar-refractivity contribution in [2.45, 2.75) is 21.3 Å². The van der Waals surface area contributed by atoms with Crippen molar-refractivity contribution in [3.8, 4) is 5.88 Å². The summed E-state index contributed by atoms with van der Waals surface area (Å²) in [6.07, 6.45) is 1.83. The molecule has 0 radical (unpaired) electrons. The number of hydrogen-bond acceptors (Lipinski definition) is 7. The Balaban J connectivity index is 1.75. The average molecular weight is 367 g/mol. The van der Waals surface area contributed by atoms with E-state index in [1.54, 1.807) is 53.3 Å². The molecule has 3 nitrogen and oxygen atoms in total. The van der Waals surface area contributed by atoms with Gasteiger partial charge in [0.1, 0.15) is 0 Å². The summed E-state index contributed by atoms with van der Waals surface area (Å²) in [5.41, 5.74) is 0. The van der Waals surface area contributed by atoms with Gasteiger partial charge in [0.2, 0.25) is 5.88 Å². The first-order valence-corrected chi connectivity index (χ1v) is 10.3. The van der Waals surface area contributed by atoms with Crippen LogP contribution in [0.2, 0.25) is 0 Å². The van der Waals surface area contributed by atoms with Crippen LogP contribution < -0.4 is 4.74 Å². The van der Waals surface area contributed by atoms with E-state index in [1.807, 2.05) is 6.20 Å². The molecule has 0 aromatic carbocycles. The van der Waals surface area contributed by atoms with E-state index in [4.69, 9.17) is 4.74 Å². The van der Waals surface area contributed by atoms with Crippen molar-refractivity contribution in [1.82, 2.24) is 10.2 Å². The van der Waals surface area contributed by atoms with Crippen molar-refractivity contribution in [3.63, 3.8) is 0 Å². The van der Waals surface area contributed by atoms with Gasteiger partial charge in [0, 0.05) is 26.2 Å². The standard InChI is InChI=1S/C15H14N2OS4/c1-18-15-14(22-10-12-5-3-7-20-12)13(8-16-17-15)21-9-11-4-2-6-19-11/h2-8H,9-10H2,1H3. The van der Waals surface area contributed by atoms with Gasteiger partial charge in [0.15, 0.2) is 0 Å². The van der Waals surface area contributed by atoms with Crippen LogP contribution in [0.25, 0.3) is 0 Å². The molecule has 3 aromatic heterocycles. The molecule has 0 saturated heterocycles. The molecule has 0 unspecified atom stereocenters. The van der Waals surface area contributed by atoms with Gasteiger partial charge in [-0.3, -0.25) is 0 Å². The lowest BCUT2D eigenvalue weighted by Gasteiger charge is -2.10. The van der Waals surface area contributed by atoms with Gasteiger partial charge >= 0.3 is 0 Å². The number of hydrogen-bond donors (Lipinski definition) is 0. The number of methoxy groups -OCH3 is 1. The van der Waals surface area contributed by atoms with E-state index >= 15 is 0 Å². The number of rotatable bonds is 7. The maximum atomic E-state index is 5.39. The van der Waals surface area contributed by atoms with Gasteiger partial charge in [-0.1, -0.05) is 12.1 Å². The molecule has 0 aliphatic heterocycles. The number of thioether (sulfide) groups is 2. The third-order valence-corrected chi connectivity index (χ3v) is 7.29. The fourth-order valence-corrected chi connectivity index (χ4v) is 5.58. The molecular formula is C15H14N2OS4. The van der Waals surface area contributed by atoms with Crippen LogP contribution in [0.15, 0.2) is 51.0 Å². The maximum absolute atomic E-state index is 5.39. The summed E-state index contributed by atoms with van der Waals surface area (Å²) in [5, 5.41) is 12.4. The van der Waals surface area contributed by atoms with Crippen LogP contribution in [0.5, 0.6) is 5.88 Å². The van der Waals surface area contributed by atoms with Crippen molar-refractivity contribution in [3.05, 3.63) is 51.0 Å². The minimum absolute atomic E-state index is 0.609. The lowest BCUT2D eigenvalue weighted by Crippen LogP contribution is -1.95. The predicted octanol–water partition coefficient (Wildman–Crippen LogP) is 5.19. The molecule has 22 heavy (non-hydrogen) atoms. The second kappa shape index (κ2) is 8.01. The molecule has 0 aliphatic rings. The zero-order chi connectivity index (χ0) is 15.2. The highest BCUT2D eigenvalue weighted by molar-refractivity contribution is 8.01. The lowest BCUT2D eigenvalue weighted by molar-refractivity contribution is 0.377. The molecule has 0 atom stereocenters. The van der Waals surface area contributed by atoms with Crippen molar-refractivity contribution >= 4 is 46.2 Å². The minimum Gasteiger partial charge on any atom is -0.479 e. The number of nitrogens with zero attached hydrogens (tertiary/aromatic N) is 2. The molecule has 0 fully saturated rings. The summed E-state index contributed by atoms with van der Waals surface area (Å²) in [6, 6.07) is 8.46. The second-order valence-corrected chi connectivity index (χ2v) is 8.35. The highest BCUT2D eigenvalue weighted by atomic mass is 32.2. The molecule has 0 spiro atoms. The molecule has 0 N–H and O–H groups in total. The first kappa shape index (κ1) is 15.9. The Hall–Kier alpha value is -1.02. The molecule has 7 heteroatoms. The van der Waals surface area contributed by atoms with Gasteiger partial charge in [-0.15, -0.1) is 51.3 Å². The van der Waals surface area contributed by atoms with Gasteiger partial charge in [0.05, 0.1) is 18.2 Å². The monoisotopic (exact) mass is 366 g/mol. The summed E-state index contributed by atoms with van der Waals surface area (Å²) < 4.78 is 5.39. The molecule has 0 amide bonds. The van der Waals surface area contributed by atoms with E-state index < -0.39 is 0 Å². The highest BCUT2D eigenvalue weighted by Crippen LogP contribution is 2.39. The Morgan fingerprint density at radius 3 is 2.32 bits per heavy atom. The Morgan fingerprint density at radius 2 is 1.73 bits per heavy atom. The number of thiophene rings is 2. The Morgan fingerprint density at radius 1 is 1.05 bits per heavy atom. The fourth-order valence-electron chi connectivity index (χ4n) is 1.79. The summed E-state index contributed by atoms with van der Waals surface area (Å²) in [4.78, 5) is 4.90. The first-order valence-electron chi connectivity index (χ1n) is 6.57. The van der Waals surface area contributed by atoms with E-state index in [-0.39, 0.29) is 0 Å². The van der Waals surface area contributed by atoms with Crippen molar-refractivity contribution in [1.29, 1.82) is 0 Å². The van der Waals surface area contributed by atoms with E-state index in [2.05, 4.69) is 45.2 Å². The maximum Gasteiger partial charge on any atom is 0.248 e. The normalized spacial score (nSPS) is 10.8. The van der Waals surface area contributed by atoms with Gasteiger partial charge in [-0.2, -0.15) is 5.10 Å². The Kier molecular flexibility index (Phi) is 5.77. The van der Waals surface area contributed by atoms with Gasteiger partial charge in [-0.05, 0) is 22.9 Å². The van der Waals surface area contributed by atoms with Crippen LogP contribution in [-0.4, -0.2) is 17.3 Å². The average Bonchev–Trinajstić information content (AvgIpc) is 3.24. The third kappa shape index (κ3) is 4.04. The van der Waals surface area contributed by atoms with E-state index in [9.17, 15) is 0 Å². The van der Waals surface area contributed by atoms with E-state index in [0.29, 0.717) is 5.88 Å². The predicted molar refractivity (Wildman–Crippen MR) is 96.3 cm³/mol. The molecular weight excluding hydrogens is 352 g/mol. The van der Waals surface area contributed by atoms with Crippen LogP contribution in [0.1, 0.15) is 9.75 Å². The first-order chi connectivity index (χ1) is 10.9. The van der Waals surface area contributed by atoms with Crippen LogP contribution >= 0.6 is 46.2 Å². The SMILES string of the molecule is COc1nncc(SCc2cccs2)c1SCc1cccs1. The molecule has 3 aromatic rings. The summed E-state index contributed by atoms with van der Waals surface area (Å²) >= 11 is 7.09. The van der Waals surface area contributed by atoms with Crippen LogP contribution in [0, 0.1) is 0 Å². The fraction of sp³-hybridized carbons (Fsp3) is 0.200. The van der Waals surface area contributed by atoms with E-state index in [0.717, 1.165) is 21.3 Å². The molecule has 0 bridgehead atoms. The lowest BCUT2D eigenvalue weighted by atomic mass is 10.5. The summed E-state index contributed by atoms with van der Waals surface area (Å²) in [7, 11) is 1.65. The zero-order valence-corrected chi connectivity index (χ0v) is 15.2.